The Labute approximate surface area is 117 Å². The Bertz CT molecular complexity index is 748. The molecule has 0 amide bonds. The van der Waals surface area contributed by atoms with Crippen LogP contribution in [0.4, 0.5) is 11.4 Å². The van der Waals surface area contributed by atoms with Crippen molar-refractivity contribution >= 4 is 28.5 Å². The van der Waals surface area contributed by atoms with Crippen molar-refractivity contribution in [2.75, 3.05) is 11.2 Å². The molecule has 98 valence electrons. The monoisotopic (exact) mass is 262 g/mol. The van der Waals surface area contributed by atoms with E-state index in [2.05, 4.69) is 15.5 Å². The molecular weight excluding hydrogens is 248 g/mol. The topological polar surface area (TPSA) is 63.3 Å². The average molecular weight is 262 g/mol. The number of fused-ring (bicyclic) bond motifs is 1. The molecule has 3 rings (SSSR count). The van der Waals surface area contributed by atoms with Crippen molar-refractivity contribution < 1.29 is 0 Å². The Kier molecular flexibility index (Phi) is 3.29. The molecule has 1 aromatic heterocycles. The van der Waals surface area contributed by atoms with Gasteiger partial charge in [-0.1, -0.05) is 24.3 Å². The first-order chi connectivity index (χ1) is 9.81. The van der Waals surface area contributed by atoms with Crippen LogP contribution in [0, 0.1) is 0 Å². The Hall–Kier alpha value is -2.88. The van der Waals surface area contributed by atoms with Crippen LogP contribution in [-0.2, 0) is 0 Å². The Morgan fingerprint density at radius 1 is 0.950 bits per heavy atom. The summed E-state index contributed by atoms with van der Waals surface area (Å²) in [5, 5.41) is 5.29. The summed E-state index contributed by atoms with van der Waals surface area (Å²) < 4.78 is 0. The maximum absolute atomic E-state index is 5.62. The van der Waals surface area contributed by atoms with Gasteiger partial charge in [-0.2, -0.15) is 5.10 Å². The minimum atomic E-state index is 0.732. The van der Waals surface area contributed by atoms with Crippen LogP contribution in [0.5, 0.6) is 0 Å². The highest BCUT2D eigenvalue weighted by molar-refractivity contribution is 5.85. The lowest BCUT2D eigenvalue weighted by molar-refractivity contribution is 1.32. The molecule has 0 atom stereocenters. The van der Waals surface area contributed by atoms with Crippen molar-refractivity contribution in [1.29, 1.82) is 0 Å². The number of nitrogens with one attached hydrogen (secondary N) is 1. The highest BCUT2D eigenvalue weighted by Crippen LogP contribution is 2.12. The number of hydrazone groups is 1. The number of hydrogen-bond acceptors (Lipinski definition) is 4. The number of anilines is 2. The second kappa shape index (κ2) is 5.40. The predicted molar refractivity (Wildman–Crippen MR) is 83.8 cm³/mol. The van der Waals surface area contributed by atoms with E-state index < -0.39 is 0 Å². The van der Waals surface area contributed by atoms with E-state index in [9.17, 15) is 0 Å². The molecule has 0 unspecified atom stereocenters. The molecule has 0 saturated heterocycles. The van der Waals surface area contributed by atoms with Crippen LogP contribution in [0.15, 0.2) is 65.8 Å². The molecule has 0 bridgehead atoms. The summed E-state index contributed by atoms with van der Waals surface area (Å²) in [4.78, 5) is 4.51. The van der Waals surface area contributed by atoms with E-state index >= 15 is 0 Å². The van der Waals surface area contributed by atoms with Crippen molar-refractivity contribution in [3.05, 3.63) is 66.4 Å². The summed E-state index contributed by atoms with van der Waals surface area (Å²) in [6, 6.07) is 19.4. The van der Waals surface area contributed by atoms with Gasteiger partial charge in [-0.3, -0.25) is 5.43 Å². The smallest absolute Gasteiger partial charge is 0.0838 e. The van der Waals surface area contributed by atoms with E-state index in [1.54, 1.807) is 6.21 Å². The zero-order chi connectivity index (χ0) is 13.8. The van der Waals surface area contributed by atoms with Crippen LogP contribution in [-0.4, -0.2) is 11.2 Å². The van der Waals surface area contributed by atoms with Gasteiger partial charge >= 0.3 is 0 Å². The van der Waals surface area contributed by atoms with Gasteiger partial charge in [0.15, 0.2) is 0 Å². The van der Waals surface area contributed by atoms with Gasteiger partial charge < -0.3 is 5.73 Å². The Morgan fingerprint density at radius 3 is 2.60 bits per heavy atom. The standard InChI is InChI=1S/C16H14N4/c17-13-6-9-14(10-7-13)20-18-11-15-8-5-12-3-1-2-4-16(12)19-15/h1-11,20H,17H2/b18-11-. The number of aromatic nitrogens is 1. The van der Waals surface area contributed by atoms with Crippen molar-refractivity contribution in [1.82, 2.24) is 4.98 Å². The van der Waals surface area contributed by atoms with Crippen molar-refractivity contribution in [3.8, 4) is 0 Å². The summed E-state index contributed by atoms with van der Waals surface area (Å²) in [6.45, 7) is 0. The van der Waals surface area contributed by atoms with Crippen LogP contribution in [0.3, 0.4) is 0 Å². The van der Waals surface area contributed by atoms with E-state index in [0.717, 1.165) is 28.0 Å². The molecule has 0 radical (unpaired) electrons. The van der Waals surface area contributed by atoms with Gasteiger partial charge in [0, 0.05) is 11.1 Å². The summed E-state index contributed by atoms with van der Waals surface area (Å²) in [5.41, 5.74) is 12.0. The first kappa shape index (κ1) is 12.2. The van der Waals surface area contributed by atoms with Gasteiger partial charge in [0.25, 0.3) is 0 Å². The third-order valence-electron chi connectivity index (χ3n) is 2.92. The highest BCUT2D eigenvalue weighted by Gasteiger charge is 1.95. The number of nitrogens with zero attached hydrogens (tertiary/aromatic N) is 2. The molecule has 20 heavy (non-hydrogen) atoms. The quantitative estimate of drug-likeness (QED) is 0.432. The van der Waals surface area contributed by atoms with Gasteiger partial charge in [-0.15, -0.1) is 0 Å². The normalized spacial score (nSPS) is 11.0. The Balaban J connectivity index is 1.75. The van der Waals surface area contributed by atoms with Crippen LogP contribution in [0.1, 0.15) is 5.69 Å². The molecule has 0 saturated carbocycles. The third-order valence-corrected chi connectivity index (χ3v) is 2.92. The minimum Gasteiger partial charge on any atom is -0.399 e. The van der Waals surface area contributed by atoms with Crippen molar-refractivity contribution in [3.63, 3.8) is 0 Å². The SMILES string of the molecule is Nc1ccc(N/N=C\c2ccc3ccccc3n2)cc1. The fourth-order valence-corrected chi connectivity index (χ4v) is 1.88. The molecule has 3 aromatic rings. The zero-order valence-electron chi connectivity index (χ0n) is 10.8. The maximum Gasteiger partial charge on any atom is 0.0838 e. The van der Waals surface area contributed by atoms with Gasteiger partial charge in [-0.25, -0.2) is 4.98 Å². The van der Waals surface area contributed by atoms with Crippen LogP contribution in [0.25, 0.3) is 10.9 Å². The summed E-state index contributed by atoms with van der Waals surface area (Å²) >= 11 is 0. The number of nitrogens with two attached hydrogens (primary N) is 1. The molecule has 0 aliphatic rings. The fraction of sp³-hybridized carbons (Fsp3) is 0. The van der Waals surface area contributed by atoms with E-state index in [4.69, 9.17) is 5.73 Å². The number of benzene rings is 2. The second-order valence-electron chi connectivity index (χ2n) is 4.42. The third kappa shape index (κ3) is 2.75. The van der Waals surface area contributed by atoms with Crippen molar-refractivity contribution in [2.45, 2.75) is 0 Å². The molecule has 2 aromatic carbocycles. The first-order valence-electron chi connectivity index (χ1n) is 6.32. The molecule has 0 fully saturated rings. The molecule has 0 aliphatic heterocycles. The molecule has 3 N–H and O–H groups in total. The second-order valence-corrected chi connectivity index (χ2v) is 4.42. The van der Waals surface area contributed by atoms with Crippen LogP contribution < -0.4 is 11.2 Å². The van der Waals surface area contributed by atoms with Gasteiger partial charge in [0.2, 0.25) is 0 Å². The highest BCUT2D eigenvalue weighted by atomic mass is 15.3. The Morgan fingerprint density at radius 2 is 1.75 bits per heavy atom. The van der Waals surface area contributed by atoms with Crippen LogP contribution in [0.2, 0.25) is 0 Å². The lowest BCUT2D eigenvalue weighted by Crippen LogP contribution is -1.93. The minimum absolute atomic E-state index is 0.732. The number of hydrogen-bond donors (Lipinski definition) is 2. The molecule has 0 spiro atoms. The number of para-hydroxylation sites is 1. The van der Waals surface area contributed by atoms with Gasteiger partial charge in [0.05, 0.1) is 23.1 Å². The van der Waals surface area contributed by atoms with Crippen molar-refractivity contribution in [2.24, 2.45) is 5.10 Å². The summed E-state index contributed by atoms with van der Waals surface area (Å²) in [6.07, 6.45) is 1.70. The molecule has 1 heterocycles. The van der Waals surface area contributed by atoms with E-state index in [1.165, 1.54) is 0 Å². The number of nitrogen functional groups attached to an aromatic ring is 1. The fourth-order valence-electron chi connectivity index (χ4n) is 1.88. The first-order valence-corrected chi connectivity index (χ1v) is 6.32. The van der Waals surface area contributed by atoms with E-state index in [1.807, 2.05) is 60.7 Å². The zero-order valence-corrected chi connectivity index (χ0v) is 10.8. The van der Waals surface area contributed by atoms with Gasteiger partial charge in [-0.05, 0) is 36.4 Å². The number of pyridine rings is 1. The predicted octanol–water partition coefficient (Wildman–Crippen LogP) is 3.26. The van der Waals surface area contributed by atoms with Gasteiger partial charge in [0.1, 0.15) is 0 Å². The molecule has 0 aliphatic carbocycles. The lowest BCUT2D eigenvalue weighted by Gasteiger charge is -2.01. The molecular formula is C16H14N4. The molecule has 4 nitrogen and oxygen atoms in total. The molecule has 4 heteroatoms. The number of rotatable bonds is 3. The summed E-state index contributed by atoms with van der Waals surface area (Å²) in [5.74, 6) is 0. The largest absolute Gasteiger partial charge is 0.399 e. The maximum atomic E-state index is 5.62. The lowest BCUT2D eigenvalue weighted by atomic mass is 10.2. The average Bonchev–Trinajstić information content (AvgIpc) is 2.49. The van der Waals surface area contributed by atoms with E-state index in [0.29, 0.717) is 0 Å². The van der Waals surface area contributed by atoms with E-state index in [-0.39, 0.29) is 0 Å². The van der Waals surface area contributed by atoms with Crippen LogP contribution >= 0.6 is 0 Å². The summed E-state index contributed by atoms with van der Waals surface area (Å²) in [7, 11) is 0.